The third kappa shape index (κ3) is 7.49. The van der Waals surface area contributed by atoms with Gasteiger partial charge in [-0.1, -0.05) is 71.7 Å². The second-order valence-electron chi connectivity index (χ2n) is 12.8. The van der Waals surface area contributed by atoms with Crippen LogP contribution in [0.3, 0.4) is 0 Å². The number of carbonyl (C=O) groups excluding carboxylic acids is 2. The molecule has 2 aromatic carbocycles. The van der Waals surface area contributed by atoms with E-state index in [0.717, 1.165) is 77.1 Å². The Morgan fingerprint density at radius 2 is 1.46 bits per heavy atom. The largest absolute Gasteiger partial charge is 0.481 e. The number of pyridine rings is 2. The number of nitrogens with zero attached hydrogens (tertiary/aromatic N) is 3. The standard InChI is InChI=1S/C38H39Cl2N7O3/c1-50-38-24(19-42-20-26-11-15-35(49)44-26)9-12-31(46-38)29-6-2-4-27(36(29)39)28-5-3-7-30(37(28)40)32-22-47-21-23(8-13-33(47)45-32)18-41-17-16-25-10-14-34(48)43-25/h2-9,12-13,21-22,25-26,41-42H,10-11,14-20H2,1H3,(H,43,48)(H,44,49)/t25-,26-/m0/s1. The number of benzene rings is 2. The number of imidazole rings is 1. The maximum Gasteiger partial charge on any atom is 0.220 e. The zero-order chi connectivity index (χ0) is 34.6. The normalized spacial score (nSPS) is 17.3. The number of methoxy groups -OCH3 is 1. The highest BCUT2D eigenvalue weighted by Gasteiger charge is 2.22. The van der Waals surface area contributed by atoms with E-state index in [1.165, 1.54) is 0 Å². The summed E-state index contributed by atoms with van der Waals surface area (Å²) in [6.45, 7) is 2.79. The van der Waals surface area contributed by atoms with Gasteiger partial charge >= 0.3 is 0 Å². The Labute approximate surface area is 301 Å². The summed E-state index contributed by atoms with van der Waals surface area (Å²) in [7, 11) is 1.61. The molecule has 7 rings (SSSR count). The van der Waals surface area contributed by atoms with Crippen molar-refractivity contribution in [3.8, 4) is 39.5 Å². The fraction of sp³-hybridized carbons (Fsp3) is 0.316. The fourth-order valence-corrected chi connectivity index (χ4v) is 7.34. The smallest absolute Gasteiger partial charge is 0.220 e. The first-order chi connectivity index (χ1) is 24.4. The first kappa shape index (κ1) is 34.0. The van der Waals surface area contributed by atoms with E-state index < -0.39 is 0 Å². The maximum atomic E-state index is 11.5. The molecule has 50 heavy (non-hydrogen) atoms. The van der Waals surface area contributed by atoms with Crippen LogP contribution < -0.4 is 26.0 Å². The first-order valence-corrected chi connectivity index (χ1v) is 17.7. The van der Waals surface area contributed by atoms with Crippen LogP contribution in [0.4, 0.5) is 0 Å². The SMILES string of the molecule is COc1nc(-c2cccc(-c3cccc(-c4cn5cc(CNCC[C@@H]6CCC(=O)N6)ccc5n4)c3Cl)c2Cl)ccc1CNC[C@@H]1CCC(=O)N1. The Morgan fingerprint density at radius 3 is 2.14 bits per heavy atom. The number of amides is 2. The highest BCUT2D eigenvalue weighted by Crippen LogP contribution is 2.42. The van der Waals surface area contributed by atoms with Crippen LogP contribution in [-0.4, -0.2) is 58.5 Å². The van der Waals surface area contributed by atoms with Crippen LogP contribution in [0, 0.1) is 0 Å². The van der Waals surface area contributed by atoms with Crippen molar-refractivity contribution in [2.45, 2.75) is 57.3 Å². The lowest BCUT2D eigenvalue weighted by molar-refractivity contribution is -0.120. The van der Waals surface area contributed by atoms with Gasteiger partial charge in [0.25, 0.3) is 0 Å². The van der Waals surface area contributed by atoms with Gasteiger partial charge in [-0.2, -0.15) is 0 Å². The number of carbonyl (C=O) groups is 2. The van der Waals surface area contributed by atoms with E-state index in [4.69, 9.17) is 37.9 Å². The summed E-state index contributed by atoms with van der Waals surface area (Å²) >= 11 is 14.2. The summed E-state index contributed by atoms with van der Waals surface area (Å²) in [5, 5.41) is 14.0. The second-order valence-corrected chi connectivity index (χ2v) is 13.6. The molecule has 0 spiro atoms. The monoisotopic (exact) mass is 711 g/mol. The molecule has 4 N–H and O–H groups in total. The minimum absolute atomic E-state index is 0.103. The lowest BCUT2D eigenvalue weighted by Gasteiger charge is -2.15. The number of ether oxygens (including phenoxy) is 1. The molecule has 0 saturated carbocycles. The van der Waals surface area contributed by atoms with Gasteiger partial charge < -0.3 is 30.4 Å². The predicted octanol–water partition coefficient (Wildman–Crippen LogP) is 6.17. The third-order valence-electron chi connectivity index (χ3n) is 9.36. The van der Waals surface area contributed by atoms with Gasteiger partial charge in [-0.05, 0) is 43.5 Å². The summed E-state index contributed by atoms with van der Waals surface area (Å²) in [6.07, 6.45) is 7.94. The van der Waals surface area contributed by atoms with E-state index in [2.05, 4.69) is 33.5 Å². The van der Waals surface area contributed by atoms with Gasteiger partial charge in [-0.3, -0.25) is 9.59 Å². The van der Waals surface area contributed by atoms with Gasteiger partial charge in [-0.15, -0.1) is 0 Å². The molecule has 2 aliphatic heterocycles. The Kier molecular flexibility index (Phi) is 10.3. The molecule has 10 nitrogen and oxygen atoms in total. The number of halogens is 2. The number of aromatic nitrogens is 3. The van der Waals surface area contributed by atoms with Gasteiger partial charge in [0.1, 0.15) is 5.65 Å². The molecule has 2 fully saturated rings. The number of fused-ring (bicyclic) bond motifs is 1. The number of nitrogens with one attached hydrogen (secondary N) is 4. The van der Waals surface area contributed by atoms with Crippen LogP contribution >= 0.6 is 23.2 Å². The van der Waals surface area contributed by atoms with E-state index in [9.17, 15) is 9.59 Å². The number of hydrogen-bond donors (Lipinski definition) is 4. The van der Waals surface area contributed by atoms with Crippen molar-refractivity contribution in [3.63, 3.8) is 0 Å². The van der Waals surface area contributed by atoms with E-state index in [-0.39, 0.29) is 23.9 Å². The highest BCUT2D eigenvalue weighted by molar-refractivity contribution is 6.39. The maximum absolute atomic E-state index is 11.5. The van der Waals surface area contributed by atoms with E-state index >= 15 is 0 Å². The Bertz CT molecular complexity index is 2050. The molecule has 258 valence electrons. The Morgan fingerprint density at radius 1 is 0.780 bits per heavy atom. The molecule has 0 unspecified atom stereocenters. The Balaban J connectivity index is 1.07. The molecule has 2 saturated heterocycles. The van der Waals surface area contributed by atoms with Crippen molar-refractivity contribution < 1.29 is 14.3 Å². The van der Waals surface area contributed by atoms with Gasteiger partial charge in [-0.25, -0.2) is 9.97 Å². The van der Waals surface area contributed by atoms with Crippen molar-refractivity contribution in [1.82, 2.24) is 35.6 Å². The lowest BCUT2D eigenvalue weighted by Crippen LogP contribution is -2.35. The minimum Gasteiger partial charge on any atom is -0.481 e. The zero-order valence-corrected chi connectivity index (χ0v) is 29.3. The average molecular weight is 713 g/mol. The molecule has 0 radical (unpaired) electrons. The van der Waals surface area contributed by atoms with Gasteiger partial charge in [0.05, 0.1) is 28.5 Å². The molecule has 5 heterocycles. The van der Waals surface area contributed by atoms with Crippen LogP contribution in [0.15, 0.2) is 73.1 Å². The van der Waals surface area contributed by atoms with Crippen LogP contribution in [0.1, 0.15) is 43.2 Å². The summed E-state index contributed by atoms with van der Waals surface area (Å²) in [5.74, 6) is 0.763. The molecule has 12 heteroatoms. The van der Waals surface area contributed by atoms with E-state index in [1.807, 2.05) is 65.2 Å². The zero-order valence-electron chi connectivity index (χ0n) is 27.8. The van der Waals surface area contributed by atoms with Gasteiger partial charge in [0.2, 0.25) is 17.7 Å². The lowest BCUT2D eigenvalue weighted by atomic mass is 9.98. The molecule has 5 aromatic rings. The number of hydrogen-bond acceptors (Lipinski definition) is 7. The van der Waals surface area contributed by atoms with E-state index in [0.29, 0.717) is 47.6 Å². The van der Waals surface area contributed by atoms with Crippen molar-refractivity contribution in [3.05, 3.63) is 94.2 Å². The molecule has 2 aliphatic rings. The Hall–Kier alpha value is -4.48. The molecule has 0 bridgehead atoms. The van der Waals surface area contributed by atoms with Crippen molar-refractivity contribution in [2.24, 2.45) is 0 Å². The highest BCUT2D eigenvalue weighted by atomic mass is 35.5. The summed E-state index contributed by atoms with van der Waals surface area (Å²) in [6, 6.07) is 20.2. The molecule has 2 amide bonds. The molecular weight excluding hydrogens is 673 g/mol. The summed E-state index contributed by atoms with van der Waals surface area (Å²) < 4.78 is 7.67. The molecular formula is C38H39Cl2N7O3. The van der Waals surface area contributed by atoms with Crippen molar-refractivity contribution in [1.29, 1.82) is 0 Å². The quantitative estimate of drug-likeness (QED) is 0.108. The number of rotatable bonds is 13. The fourth-order valence-electron chi connectivity index (χ4n) is 6.69. The molecule has 2 atom stereocenters. The third-order valence-corrected chi connectivity index (χ3v) is 10.2. The molecule has 3 aromatic heterocycles. The minimum atomic E-state index is 0.103. The van der Waals surface area contributed by atoms with Gasteiger partial charge in [0, 0.05) is 84.8 Å². The first-order valence-electron chi connectivity index (χ1n) is 17.0. The van der Waals surface area contributed by atoms with E-state index in [1.54, 1.807) is 7.11 Å². The van der Waals surface area contributed by atoms with Gasteiger partial charge in [0.15, 0.2) is 0 Å². The second kappa shape index (κ2) is 15.2. The van der Waals surface area contributed by atoms with Crippen LogP contribution in [0.5, 0.6) is 5.88 Å². The molecule has 0 aliphatic carbocycles. The van der Waals surface area contributed by atoms with Crippen LogP contribution in [0.2, 0.25) is 10.0 Å². The van der Waals surface area contributed by atoms with Crippen LogP contribution in [-0.2, 0) is 22.7 Å². The van der Waals surface area contributed by atoms with Crippen molar-refractivity contribution in [2.75, 3.05) is 20.2 Å². The van der Waals surface area contributed by atoms with Crippen molar-refractivity contribution >= 4 is 40.7 Å². The summed E-state index contributed by atoms with van der Waals surface area (Å²) in [4.78, 5) is 32.6. The van der Waals surface area contributed by atoms with Crippen LogP contribution in [0.25, 0.3) is 39.3 Å². The predicted molar refractivity (Wildman–Crippen MR) is 196 cm³/mol. The summed E-state index contributed by atoms with van der Waals surface area (Å²) in [5.41, 5.74) is 7.46. The topological polar surface area (TPSA) is 122 Å². The average Bonchev–Trinajstić information content (AvgIpc) is 3.86.